The zero-order chi connectivity index (χ0) is 5.66. The van der Waals surface area contributed by atoms with E-state index in [0.29, 0.717) is 0 Å². The Hall–Kier alpha value is 0.479. The summed E-state index contributed by atoms with van der Waals surface area (Å²) in [5.74, 6) is 0. The van der Waals surface area contributed by atoms with E-state index in [1.165, 1.54) is 0 Å². The van der Waals surface area contributed by atoms with E-state index in [-0.39, 0.29) is 46.9 Å². The van der Waals surface area contributed by atoms with Gasteiger partial charge in [0.1, 0.15) is 0 Å². The van der Waals surface area contributed by atoms with Gasteiger partial charge in [-0.25, -0.2) is 0 Å². The molecule has 0 aromatic rings. The fourth-order valence-electron chi connectivity index (χ4n) is 0.513. The monoisotopic (exact) mass is 278 g/mol. The van der Waals surface area contributed by atoms with Crippen molar-refractivity contribution >= 4 is 0 Å². The van der Waals surface area contributed by atoms with Gasteiger partial charge in [-0.05, 0) is 0 Å². The largest absolute Gasteiger partial charge is 0.0623 e. The predicted octanol–water partition coefficient (Wildman–Crippen LogP) is 2.22. The summed E-state index contributed by atoms with van der Waals surface area (Å²) in [6.07, 6.45) is 16.0. The van der Waals surface area contributed by atoms with Gasteiger partial charge < -0.3 is 0 Å². The van der Waals surface area contributed by atoms with Gasteiger partial charge in [-0.15, -0.1) is 0 Å². The van der Waals surface area contributed by atoms with Crippen molar-refractivity contribution in [3.05, 3.63) is 48.6 Å². The molecule has 0 bridgehead atoms. The zero-order valence-corrected chi connectivity index (χ0v) is 6.60. The molecule has 1 aliphatic carbocycles. The second-order valence-electron chi connectivity index (χ2n) is 1.54. The maximum atomic E-state index is 2.00. The third kappa shape index (κ3) is 4.95. The number of allylic oxidation sites excluding steroid dienone is 8. The van der Waals surface area contributed by atoms with E-state index in [4.69, 9.17) is 0 Å². The molecule has 0 fully saturated rings. The standard InChI is InChI=1S/C8H8.Yb/c1-2-4-6-8-7-5-3-1;/h1-8H;. The van der Waals surface area contributed by atoms with Gasteiger partial charge >= 0.3 is 0 Å². The van der Waals surface area contributed by atoms with Crippen LogP contribution in [0, 0.1) is 46.9 Å². The number of rotatable bonds is 0. The van der Waals surface area contributed by atoms with Crippen LogP contribution in [0.1, 0.15) is 0 Å². The Morgan fingerprint density at radius 1 is 0.333 bits per heavy atom. The average Bonchev–Trinajstić information content (AvgIpc) is 1.62. The van der Waals surface area contributed by atoms with E-state index in [2.05, 4.69) is 0 Å². The van der Waals surface area contributed by atoms with Crippen molar-refractivity contribution in [1.82, 2.24) is 0 Å². The van der Waals surface area contributed by atoms with Crippen LogP contribution in [-0.2, 0) is 0 Å². The van der Waals surface area contributed by atoms with Crippen LogP contribution in [0.25, 0.3) is 0 Å². The second-order valence-corrected chi connectivity index (χ2v) is 1.54. The first kappa shape index (κ1) is 9.48. The van der Waals surface area contributed by atoms with Crippen LogP contribution < -0.4 is 0 Å². The van der Waals surface area contributed by atoms with Crippen molar-refractivity contribution in [2.24, 2.45) is 0 Å². The normalized spacial score (nSPS) is 14.2. The number of hydrogen-bond acceptors (Lipinski definition) is 0. The Labute approximate surface area is 94.3 Å². The van der Waals surface area contributed by atoms with E-state index in [0.717, 1.165) is 0 Å². The molecule has 0 aromatic carbocycles. The molecular weight excluding hydrogens is 269 g/mol. The average molecular weight is 277 g/mol. The quantitative estimate of drug-likeness (QED) is 0.637. The van der Waals surface area contributed by atoms with Crippen LogP contribution in [0.15, 0.2) is 48.6 Å². The fraction of sp³-hybridized carbons (Fsp3) is 0. The van der Waals surface area contributed by atoms with Crippen molar-refractivity contribution in [1.29, 1.82) is 0 Å². The van der Waals surface area contributed by atoms with E-state index in [1.54, 1.807) is 0 Å². The van der Waals surface area contributed by atoms with E-state index < -0.39 is 0 Å². The smallest absolute Gasteiger partial charge is 0 e. The van der Waals surface area contributed by atoms with Crippen molar-refractivity contribution in [2.75, 3.05) is 0 Å². The van der Waals surface area contributed by atoms with Crippen LogP contribution >= 0.6 is 0 Å². The van der Waals surface area contributed by atoms with Gasteiger partial charge in [-0.3, -0.25) is 0 Å². The van der Waals surface area contributed by atoms with Gasteiger partial charge in [-0.2, -0.15) is 0 Å². The van der Waals surface area contributed by atoms with Crippen LogP contribution in [0.3, 0.4) is 0 Å². The predicted molar refractivity (Wildman–Crippen MR) is 36.6 cm³/mol. The van der Waals surface area contributed by atoms with Crippen molar-refractivity contribution in [2.45, 2.75) is 0 Å². The first-order chi connectivity index (χ1) is 4.00. The maximum absolute atomic E-state index is 2.00. The third-order valence-electron chi connectivity index (χ3n) is 0.889. The molecule has 0 atom stereocenters. The minimum Gasteiger partial charge on any atom is -0.0623 e. The molecule has 54 valence electrons. The van der Waals surface area contributed by atoms with E-state index in [9.17, 15) is 0 Å². The molecule has 0 N–H and O–H groups in total. The second kappa shape index (κ2) is 6.60. The molecule has 0 unspecified atom stereocenters. The van der Waals surface area contributed by atoms with Crippen LogP contribution in [0.2, 0.25) is 0 Å². The summed E-state index contributed by atoms with van der Waals surface area (Å²) >= 11 is 0. The van der Waals surface area contributed by atoms with E-state index in [1.807, 2.05) is 48.6 Å². The van der Waals surface area contributed by atoms with Gasteiger partial charge in [-0.1, -0.05) is 48.6 Å². The minimum absolute atomic E-state index is 0. The SMILES string of the molecule is C1=CC=CC=CC=C1.[Yb]. The number of hydrogen-bond donors (Lipinski definition) is 0. The molecule has 9 heavy (non-hydrogen) atoms. The Balaban J connectivity index is 0.000000640. The molecule has 0 heterocycles. The minimum atomic E-state index is 0. The molecule has 0 saturated heterocycles. The molecule has 0 amide bonds. The molecule has 1 aliphatic rings. The summed E-state index contributed by atoms with van der Waals surface area (Å²) in [4.78, 5) is 0. The van der Waals surface area contributed by atoms with Crippen molar-refractivity contribution in [3.63, 3.8) is 0 Å². The van der Waals surface area contributed by atoms with Crippen LogP contribution in [0.5, 0.6) is 0 Å². The summed E-state index contributed by atoms with van der Waals surface area (Å²) in [6.45, 7) is 0. The summed E-state index contributed by atoms with van der Waals surface area (Å²) in [6, 6.07) is 0. The summed E-state index contributed by atoms with van der Waals surface area (Å²) in [5, 5.41) is 0. The molecule has 0 nitrogen and oxygen atoms in total. The van der Waals surface area contributed by atoms with E-state index >= 15 is 0 Å². The molecule has 1 rings (SSSR count). The van der Waals surface area contributed by atoms with Gasteiger partial charge in [0.25, 0.3) is 0 Å². The van der Waals surface area contributed by atoms with Gasteiger partial charge in [0.2, 0.25) is 0 Å². The van der Waals surface area contributed by atoms with Crippen LogP contribution in [0.4, 0.5) is 0 Å². The molecule has 0 aliphatic heterocycles. The molecule has 0 radical (unpaired) electrons. The Morgan fingerprint density at radius 2 is 0.444 bits per heavy atom. The summed E-state index contributed by atoms with van der Waals surface area (Å²) in [7, 11) is 0. The Kier molecular flexibility index (Phi) is 6.95. The van der Waals surface area contributed by atoms with Gasteiger partial charge in [0.05, 0.1) is 0 Å². The van der Waals surface area contributed by atoms with Crippen molar-refractivity contribution < 1.29 is 46.9 Å². The molecule has 0 aromatic heterocycles. The third-order valence-corrected chi connectivity index (χ3v) is 0.889. The Bertz CT molecular complexity index is 105. The molecule has 0 saturated carbocycles. The fourth-order valence-corrected chi connectivity index (χ4v) is 0.513. The zero-order valence-electron chi connectivity index (χ0n) is 4.89. The molecule has 0 spiro atoms. The first-order valence-corrected chi connectivity index (χ1v) is 2.67. The van der Waals surface area contributed by atoms with Crippen molar-refractivity contribution in [3.8, 4) is 0 Å². The first-order valence-electron chi connectivity index (χ1n) is 2.67. The van der Waals surface area contributed by atoms with Crippen LogP contribution in [-0.4, -0.2) is 0 Å². The summed E-state index contributed by atoms with van der Waals surface area (Å²) < 4.78 is 0. The molecule has 1 heteroatoms. The van der Waals surface area contributed by atoms with Gasteiger partial charge in [0, 0.05) is 46.9 Å². The van der Waals surface area contributed by atoms with Gasteiger partial charge in [0.15, 0.2) is 0 Å². The molecular formula is C8H8Yb. The summed E-state index contributed by atoms with van der Waals surface area (Å²) in [5.41, 5.74) is 0. The Morgan fingerprint density at radius 3 is 0.556 bits per heavy atom. The topological polar surface area (TPSA) is 0 Å². The maximum Gasteiger partial charge on any atom is 0 e.